The molecular formula is C43H25N3O. The van der Waals surface area contributed by atoms with E-state index in [0.717, 1.165) is 44.0 Å². The highest BCUT2D eigenvalue weighted by Gasteiger charge is 2.19. The summed E-state index contributed by atoms with van der Waals surface area (Å²) < 4.78 is 6.26. The first-order chi connectivity index (χ1) is 23.3. The molecule has 10 rings (SSSR count). The molecule has 0 saturated heterocycles. The molecule has 0 atom stereocenters. The Kier molecular flexibility index (Phi) is 5.54. The molecule has 4 nitrogen and oxygen atoms in total. The summed E-state index contributed by atoms with van der Waals surface area (Å²) in [6.07, 6.45) is 0. The highest BCUT2D eigenvalue weighted by atomic mass is 16.3. The Morgan fingerprint density at radius 2 is 0.830 bits per heavy atom. The molecule has 4 heteroatoms. The van der Waals surface area contributed by atoms with Crippen LogP contribution in [0, 0.1) is 0 Å². The van der Waals surface area contributed by atoms with Gasteiger partial charge in [-0.25, -0.2) is 15.0 Å². The Bertz CT molecular complexity index is 2850. The van der Waals surface area contributed by atoms with Crippen LogP contribution in [0.1, 0.15) is 0 Å². The summed E-state index contributed by atoms with van der Waals surface area (Å²) in [5, 5.41) is 11.8. The van der Waals surface area contributed by atoms with Crippen molar-refractivity contribution < 1.29 is 4.42 Å². The van der Waals surface area contributed by atoms with Crippen molar-refractivity contribution in [3.63, 3.8) is 0 Å². The van der Waals surface area contributed by atoms with Crippen LogP contribution in [0.2, 0.25) is 0 Å². The Morgan fingerprint density at radius 3 is 1.57 bits per heavy atom. The SMILES string of the molecule is c1ccc(-c2nc(-c3ccc4c(c3)oc3ccccc34)nc(-c3cc4c5ccccc5c5ccccc5c4c4ccccc34)n2)cc1. The number of furan rings is 1. The summed E-state index contributed by atoms with van der Waals surface area (Å²) in [5.74, 6) is 1.86. The number of benzene rings is 8. The molecule has 0 bridgehead atoms. The minimum atomic E-state index is 0.601. The lowest BCUT2D eigenvalue weighted by Gasteiger charge is -2.16. The Balaban J connectivity index is 1.29. The maximum atomic E-state index is 6.26. The van der Waals surface area contributed by atoms with Crippen LogP contribution in [-0.2, 0) is 0 Å². The summed E-state index contributed by atoms with van der Waals surface area (Å²) in [4.78, 5) is 15.4. The molecule has 0 spiro atoms. The molecule has 0 amide bonds. The van der Waals surface area contributed by atoms with Gasteiger partial charge in [-0.15, -0.1) is 0 Å². The molecule has 10 aromatic rings. The summed E-state index contributed by atoms with van der Waals surface area (Å²) >= 11 is 0. The molecule has 8 aromatic carbocycles. The summed E-state index contributed by atoms with van der Waals surface area (Å²) in [5.41, 5.74) is 4.45. The first kappa shape index (κ1) is 25.9. The van der Waals surface area contributed by atoms with E-state index in [1.807, 2.05) is 54.6 Å². The lowest BCUT2D eigenvalue weighted by Crippen LogP contribution is -2.01. The van der Waals surface area contributed by atoms with E-state index in [1.54, 1.807) is 0 Å². The summed E-state index contributed by atoms with van der Waals surface area (Å²) in [6, 6.07) is 52.8. The van der Waals surface area contributed by atoms with Crippen LogP contribution in [0.3, 0.4) is 0 Å². The molecule has 0 aliphatic heterocycles. The van der Waals surface area contributed by atoms with Crippen molar-refractivity contribution >= 4 is 65.0 Å². The van der Waals surface area contributed by atoms with Crippen LogP contribution >= 0.6 is 0 Å². The van der Waals surface area contributed by atoms with Crippen molar-refractivity contribution in [1.29, 1.82) is 0 Å². The van der Waals surface area contributed by atoms with E-state index < -0.39 is 0 Å². The van der Waals surface area contributed by atoms with Crippen molar-refractivity contribution in [2.45, 2.75) is 0 Å². The van der Waals surface area contributed by atoms with Gasteiger partial charge in [-0.1, -0.05) is 127 Å². The third kappa shape index (κ3) is 3.98. The van der Waals surface area contributed by atoms with Gasteiger partial charge in [-0.05, 0) is 67.4 Å². The Morgan fingerprint density at radius 1 is 0.319 bits per heavy atom. The molecule has 0 unspecified atom stereocenters. The average molecular weight is 600 g/mol. The highest BCUT2D eigenvalue weighted by Crippen LogP contribution is 2.42. The van der Waals surface area contributed by atoms with Crippen LogP contribution in [0.5, 0.6) is 0 Å². The number of rotatable bonds is 3. The zero-order valence-corrected chi connectivity index (χ0v) is 25.2. The Hall–Kier alpha value is -6.39. The average Bonchev–Trinajstić information content (AvgIpc) is 3.52. The van der Waals surface area contributed by atoms with Gasteiger partial charge in [0.2, 0.25) is 0 Å². The molecule has 0 aliphatic rings. The van der Waals surface area contributed by atoms with E-state index in [2.05, 4.69) is 97.1 Å². The number of fused-ring (bicyclic) bond motifs is 11. The van der Waals surface area contributed by atoms with Crippen LogP contribution in [-0.4, -0.2) is 15.0 Å². The molecule has 2 heterocycles. The molecular weight excluding hydrogens is 574 g/mol. The monoisotopic (exact) mass is 599 g/mol. The highest BCUT2D eigenvalue weighted by molar-refractivity contribution is 6.32. The van der Waals surface area contributed by atoms with E-state index in [1.165, 1.54) is 37.7 Å². The topological polar surface area (TPSA) is 51.8 Å². The van der Waals surface area contributed by atoms with Crippen molar-refractivity contribution in [2.24, 2.45) is 0 Å². The van der Waals surface area contributed by atoms with Crippen molar-refractivity contribution in [2.75, 3.05) is 0 Å². The number of nitrogens with zero attached hydrogens (tertiary/aromatic N) is 3. The second-order valence-electron chi connectivity index (χ2n) is 12.0. The molecule has 218 valence electrons. The maximum Gasteiger partial charge on any atom is 0.164 e. The second kappa shape index (κ2) is 10.1. The fourth-order valence-electron chi connectivity index (χ4n) is 7.16. The van der Waals surface area contributed by atoms with Crippen LogP contribution < -0.4 is 0 Å². The van der Waals surface area contributed by atoms with Crippen molar-refractivity contribution in [3.8, 4) is 34.2 Å². The molecule has 0 N–H and O–H groups in total. The molecule has 0 saturated carbocycles. The number of aromatic nitrogens is 3. The normalized spacial score (nSPS) is 11.8. The van der Waals surface area contributed by atoms with E-state index in [4.69, 9.17) is 19.4 Å². The fourth-order valence-corrected chi connectivity index (χ4v) is 7.16. The largest absolute Gasteiger partial charge is 0.456 e. The predicted octanol–water partition coefficient (Wildman–Crippen LogP) is 11.4. The van der Waals surface area contributed by atoms with Gasteiger partial charge in [0.1, 0.15) is 11.2 Å². The van der Waals surface area contributed by atoms with E-state index in [9.17, 15) is 0 Å². The van der Waals surface area contributed by atoms with Crippen molar-refractivity contribution in [3.05, 3.63) is 152 Å². The fraction of sp³-hybridized carbons (Fsp3) is 0. The third-order valence-electron chi connectivity index (χ3n) is 9.29. The summed E-state index contributed by atoms with van der Waals surface area (Å²) in [7, 11) is 0. The Labute approximate surface area is 269 Å². The number of para-hydroxylation sites is 1. The quantitative estimate of drug-likeness (QED) is 0.190. The van der Waals surface area contributed by atoms with Gasteiger partial charge in [0.05, 0.1) is 0 Å². The lowest BCUT2D eigenvalue weighted by atomic mass is 9.89. The molecule has 47 heavy (non-hydrogen) atoms. The number of hydrogen-bond acceptors (Lipinski definition) is 4. The van der Waals surface area contributed by atoms with Gasteiger partial charge in [0.25, 0.3) is 0 Å². The van der Waals surface area contributed by atoms with Gasteiger partial charge >= 0.3 is 0 Å². The van der Waals surface area contributed by atoms with Gasteiger partial charge < -0.3 is 4.42 Å². The van der Waals surface area contributed by atoms with Crippen LogP contribution in [0.25, 0.3) is 99.2 Å². The standard InChI is InChI=1S/C43H25N3O/c1-2-12-26(13-3-1)41-44-42(27-22-23-33-32-18-10-11-21-38(32)47-39(33)24-27)46-43(45-41)37-25-36-30-16-5-4-14-28(30)29-15-6-8-19-34(29)40(36)35-20-9-7-17-31(35)37/h1-25H. The first-order valence-corrected chi connectivity index (χ1v) is 15.8. The van der Waals surface area contributed by atoms with E-state index in [-0.39, 0.29) is 0 Å². The van der Waals surface area contributed by atoms with Gasteiger partial charge in [0.15, 0.2) is 17.5 Å². The van der Waals surface area contributed by atoms with Crippen LogP contribution in [0.4, 0.5) is 0 Å². The number of hydrogen-bond donors (Lipinski definition) is 0. The third-order valence-corrected chi connectivity index (χ3v) is 9.29. The minimum Gasteiger partial charge on any atom is -0.456 e. The van der Waals surface area contributed by atoms with Gasteiger partial charge in [0, 0.05) is 27.5 Å². The zero-order chi connectivity index (χ0) is 30.9. The van der Waals surface area contributed by atoms with Crippen molar-refractivity contribution in [1.82, 2.24) is 15.0 Å². The predicted molar refractivity (Wildman–Crippen MR) is 193 cm³/mol. The van der Waals surface area contributed by atoms with E-state index >= 15 is 0 Å². The smallest absolute Gasteiger partial charge is 0.164 e. The molecule has 0 radical (unpaired) electrons. The maximum absolute atomic E-state index is 6.26. The molecule has 0 aliphatic carbocycles. The lowest BCUT2D eigenvalue weighted by molar-refractivity contribution is 0.669. The van der Waals surface area contributed by atoms with Gasteiger partial charge in [-0.3, -0.25) is 0 Å². The summed E-state index contributed by atoms with van der Waals surface area (Å²) in [6.45, 7) is 0. The molecule has 0 fully saturated rings. The minimum absolute atomic E-state index is 0.601. The first-order valence-electron chi connectivity index (χ1n) is 15.8. The molecule has 2 aromatic heterocycles. The zero-order valence-electron chi connectivity index (χ0n) is 25.2. The van der Waals surface area contributed by atoms with E-state index in [0.29, 0.717) is 17.5 Å². The van der Waals surface area contributed by atoms with Crippen LogP contribution in [0.15, 0.2) is 156 Å². The van der Waals surface area contributed by atoms with Gasteiger partial charge in [-0.2, -0.15) is 0 Å². The second-order valence-corrected chi connectivity index (χ2v) is 12.0.